The van der Waals surface area contributed by atoms with Gasteiger partial charge in [-0.3, -0.25) is 0 Å². The minimum atomic E-state index is -0.193. The number of hydrogen-bond acceptors (Lipinski definition) is 2. The Labute approximate surface area is 84.5 Å². The van der Waals surface area contributed by atoms with Crippen LogP contribution in [0.3, 0.4) is 0 Å². The minimum absolute atomic E-state index is 0.193. The van der Waals surface area contributed by atoms with Gasteiger partial charge in [0.2, 0.25) is 0 Å². The summed E-state index contributed by atoms with van der Waals surface area (Å²) in [7, 11) is 2.01. The van der Waals surface area contributed by atoms with Crippen LogP contribution in [0.25, 0.3) is 0 Å². The molecule has 0 atom stereocenters. The van der Waals surface area contributed by atoms with E-state index in [0.717, 1.165) is 24.2 Å². The van der Waals surface area contributed by atoms with E-state index in [0.29, 0.717) is 6.54 Å². The fourth-order valence-corrected chi connectivity index (χ4v) is 1.34. The van der Waals surface area contributed by atoms with Crippen molar-refractivity contribution < 1.29 is 4.39 Å². The Morgan fingerprint density at radius 1 is 1.36 bits per heavy atom. The molecule has 0 aliphatic carbocycles. The Balaban J connectivity index is 2.87. The molecule has 0 spiro atoms. The first kappa shape index (κ1) is 11.1. The molecule has 0 saturated heterocycles. The van der Waals surface area contributed by atoms with Crippen LogP contribution in [0, 0.1) is 5.82 Å². The van der Waals surface area contributed by atoms with Gasteiger partial charge in [-0.1, -0.05) is 13.0 Å². The fourth-order valence-electron chi connectivity index (χ4n) is 1.34. The molecule has 78 valence electrons. The average Bonchev–Trinajstić information content (AvgIpc) is 2.18. The Bertz CT molecular complexity index is 299. The maximum absolute atomic E-state index is 13.0. The van der Waals surface area contributed by atoms with E-state index in [1.807, 2.05) is 7.05 Å². The summed E-state index contributed by atoms with van der Waals surface area (Å²) in [6, 6.07) is 4.78. The maximum atomic E-state index is 13.0. The number of nitrogens with zero attached hydrogens (tertiary/aromatic N) is 1. The highest BCUT2D eigenvalue weighted by atomic mass is 19.1. The molecule has 0 unspecified atom stereocenters. The van der Waals surface area contributed by atoms with Gasteiger partial charge in [-0.25, -0.2) is 4.39 Å². The highest BCUT2D eigenvalue weighted by Gasteiger charge is 2.04. The van der Waals surface area contributed by atoms with E-state index in [4.69, 9.17) is 5.73 Å². The molecule has 14 heavy (non-hydrogen) atoms. The van der Waals surface area contributed by atoms with Crippen LogP contribution in [0.2, 0.25) is 0 Å². The zero-order chi connectivity index (χ0) is 10.6. The lowest BCUT2D eigenvalue weighted by atomic mass is 10.1. The van der Waals surface area contributed by atoms with Crippen molar-refractivity contribution in [1.82, 2.24) is 4.90 Å². The lowest BCUT2D eigenvalue weighted by molar-refractivity contribution is 0.344. The van der Waals surface area contributed by atoms with E-state index in [-0.39, 0.29) is 5.82 Å². The summed E-state index contributed by atoms with van der Waals surface area (Å²) >= 11 is 0. The lowest BCUT2D eigenvalue weighted by Crippen LogP contribution is -2.18. The molecule has 2 N–H and O–H groups in total. The molecule has 0 fully saturated rings. The first-order valence-corrected chi connectivity index (χ1v) is 4.83. The lowest BCUT2D eigenvalue weighted by Gasteiger charge is -2.16. The van der Waals surface area contributed by atoms with Crippen LogP contribution in [0.5, 0.6) is 0 Å². The van der Waals surface area contributed by atoms with Gasteiger partial charge in [0.05, 0.1) is 0 Å². The number of hydrogen-bond donors (Lipinski definition) is 1. The SMILES string of the molecule is CCN(C)Cc1cc(F)ccc1CN. The molecule has 0 aliphatic rings. The van der Waals surface area contributed by atoms with Crippen molar-refractivity contribution in [3.63, 3.8) is 0 Å². The topological polar surface area (TPSA) is 29.3 Å². The molecule has 0 aromatic heterocycles. The van der Waals surface area contributed by atoms with Crippen molar-refractivity contribution >= 4 is 0 Å². The van der Waals surface area contributed by atoms with Crippen LogP contribution < -0.4 is 5.73 Å². The van der Waals surface area contributed by atoms with Gasteiger partial charge in [-0.2, -0.15) is 0 Å². The molecule has 1 aromatic rings. The van der Waals surface area contributed by atoms with Crippen LogP contribution in [0.1, 0.15) is 18.1 Å². The van der Waals surface area contributed by atoms with Crippen LogP contribution in [-0.2, 0) is 13.1 Å². The third-order valence-electron chi connectivity index (χ3n) is 2.37. The van der Waals surface area contributed by atoms with Crippen molar-refractivity contribution in [2.75, 3.05) is 13.6 Å². The predicted molar refractivity (Wildman–Crippen MR) is 56.3 cm³/mol. The van der Waals surface area contributed by atoms with E-state index < -0.39 is 0 Å². The second kappa shape index (κ2) is 5.08. The highest BCUT2D eigenvalue weighted by Crippen LogP contribution is 2.12. The molecule has 3 heteroatoms. The molecule has 1 aromatic carbocycles. The zero-order valence-corrected chi connectivity index (χ0v) is 8.76. The van der Waals surface area contributed by atoms with Crippen LogP contribution in [0.15, 0.2) is 18.2 Å². The first-order chi connectivity index (χ1) is 6.67. The number of nitrogens with two attached hydrogens (primary N) is 1. The highest BCUT2D eigenvalue weighted by molar-refractivity contribution is 5.27. The van der Waals surface area contributed by atoms with Crippen molar-refractivity contribution in [2.45, 2.75) is 20.0 Å². The van der Waals surface area contributed by atoms with Crippen LogP contribution >= 0.6 is 0 Å². The average molecular weight is 196 g/mol. The standard InChI is InChI=1S/C11H17FN2/c1-3-14(2)8-10-6-11(12)5-4-9(10)7-13/h4-6H,3,7-8,13H2,1-2H3. The maximum Gasteiger partial charge on any atom is 0.123 e. The van der Waals surface area contributed by atoms with Crippen molar-refractivity contribution in [3.05, 3.63) is 35.1 Å². The van der Waals surface area contributed by atoms with Gasteiger partial charge in [0, 0.05) is 13.1 Å². The summed E-state index contributed by atoms with van der Waals surface area (Å²) in [6.07, 6.45) is 0. The Morgan fingerprint density at radius 2 is 2.07 bits per heavy atom. The second-order valence-corrected chi connectivity index (χ2v) is 3.45. The molecule has 0 saturated carbocycles. The normalized spacial score (nSPS) is 10.9. The Morgan fingerprint density at radius 3 is 2.64 bits per heavy atom. The fraction of sp³-hybridized carbons (Fsp3) is 0.455. The molecule has 0 heterocycles. The van der Waals surface area contributed by atoms with Crippen LogP contribution in [0.4, 0.5) is 4.39 Å². The minimum Gasteiger partial charge on any atom is -0.326 e. The van der Waals surface area contributed by atoms with Crippen LogP contribution in [-0.4, -0.2) is 18.5 Å². The molecule has 1 rings (SSSR count). The van der Waals surface area contributed by atoms with Crippen molar-refractivity contribution in [1.29, 1.82) is 0 Å². The van der Waals surface area contributed by atoms with E-state index in [1.165, 1.54) is 6.07 Å². The summed E-state index contributed by atoms with van der Waals surface area (Å²) in [5.41, 5.74) is 7.58. The van der Waals surface area contributed by atoms with E-state index >= 15 is 0 Å². The largest absolute Gasteiger partial charge is 0.326 e. The van der Waals surface area contributed by atoms with Gasteiger partial charge in [-0.05, 0) is 36.9 Å². The summed E-state index contributed by atoms with van der Waals surface area (Å²) < 4.78 is 13.0. The molecule has 0 amide bonds. The number of benzene rings is 1. The summed E-state index contributed by atoms with van der Waals surface area (Å²) in [6.45, 7) is 4.23. The van der Waals surface area contributed by atoms with Gasteiger partial charge in [0.25, 0.3) is 0 Å². The molecular formula is C11H17FN2. The smallest absolute Gasteiger partial charge is 0.123 e. The second-order valence-electron chi connectivity index (χ2n) is 3.45. The van der Waals surface area contributed by atoms with Gasteiger partial charge >= 0.3 is 0 Å². The van der Waals surface area contributed by atoms with Gasteiger partial charge in [0.15, 0.2) is 0 Å². The third kappa shape index (κ3) is 2.79. The van der Waals surface area contributed by atoms with Gasteiger partial charge in [-0.15, -0.1) is 0 Å². The van der Waals surface area contributed by atoms with E-state index in [2.05, 4.69) is 11.8 Å². The molecule has 2 nitrogen and oxygen atoms in total. The summed E-state index contributed by atoms with van der Waals surface area (Å²) in [4.78, 5) is 2.12. The number of rotatable bonds is 4. The quantitative estimate of drug-likeness (QED) is 0.794. The Kier molecular flexibility index (Phi) is 4.04. The van der Waals surface area contributed by atoms with Crippen molar-refractivity contribution in [2.24, 2.45) is 5.73 Å². The summed E-state index contributed by atoms with van der Waals surface area (Å²) in [5, 5.41) is 0. The van der Waals surface area contributed by atoms with Gasteiger partial charge in [0.1, 0.15) is 5.82 Å². The molecule has 0 bridgehead atoms. The monoisotopic (exact) mass is 196 g/mol. The molecule has 0 aliphatic heterocycles. The van der Waals surface area contributed by atoms with Gasteiger partial charge < -0.3 is 10.6 Å². The first-order valence-electron chi connectivity index (χ1n) is 4.83. The van der Waals surface area contributed by atoms with E-state index in [1.54, 1.807) is 12.1 Å². The number of halogens is 1. The predicted octanol–water partition coefficient (Wildman–Crippen LogP) is 1.74. The van der Waals surface area contributed by atoms with Crippen molar-refractivity contribution in [3.8, 4) is 0 Å². The molecule has 0 radical (unpaired) electrons. The van der Waals surface area contributed by atoms with E-state index in [9.17, 15) is 4.39 Å². The zero-order valence-electron chi connectivity index (χ0n) is 8.76. The Hall–Kier alpha value is -0.930. The molecular weight excluding hydrogens is 179 g/mol. The third-order valence-corrected chi connectivity index (χ3v) is 2.37. The summed E-state index contributed by atoms with van der Waals surface area (Å²) in [5.74, 6) is -0.193.